The molecule has 2 atom stereocenters. The van der Waals surface area contributed by atoms with Crippen molar-refractivity contribution in [3.63, 3.8) is 0 Å². The minimum atomic E-state index is 0.760. The van der Waals surface area contributed by atoms with E-state index in [1.54, 1.807) is 0 Å². The maximum atomic E-state index is 2.61. The molecule has 1 nitrogen and oxygen atoms in total. The third-order valence-electron chi connectivity index (χ3n) is 3.87. The number of hydrogen-bond donors (Lipinski definition) is 0. The second-order valence-corrected chi connectivity index (χ2v) is 4.62. The molecular formula is C10H19N. The van der Waals surface area contributed by atoms with E-state index in [4.69, 9.17) is 0 Å². The van der Waals surface area contributed by atoms with Crippen LogP contribution in [-0.2, 0) is 0 Å². The summed E-state index contributed by atoms with van der Waals surface area (Å²) in [5.41, 5.74) is 0.760. The molecule has 2 rings (SSSR count). The summed E-state index contributed by atoms with van der Waals surface area (Å²) in [5, 5.41) is 0. The molecule has 11 heavy (non-hydrogen) atoms. The molecule has 1 aliphatic heterocycles. The molecule has 0 radical (unpaired) electrons. The Kier molecular flexibility index (Phi) is 1.54. The van der Waals surface area contributed by atoms with Gasteiger partial charge in [0.15, 0.2) is 0 Å². The number of hydrogen-bond acceptors (Lipinski definition) is 1. The zero-order valence-electron chi connectivity index (χ0n) is 7.93. The lowest BCUT2D eigenvalue weighted by molar-refractivity contribution is 0.259. The quantitative estimate of drug-likeness (QED) is 0.586. The lowest BCUT2D eigenvalue weighted by Crippen LogP contribution is -2.26. The van der Waals surface area contributed by atoms with Crippen LogP contribution >= 0.6 is 0 Å². The summed E-state index contributed by atoms with van der Waals surface area (Å²) in [6.07, 6.45) is 1.52. The van der Waals surface area contributed by atoms with E-state index < -0.39 is 0 Å². The SMILES string of the molecule is CCN1CC2CC2(C(C)C)C1. The number of likely N-dealkylation sites (tertiary alicyclic amines) is 1. The monoisotopic (exact) mass is 153 g/mol. The Morgan fingerprint density at radius 2 is 2.27 bits per heavy atom. The van der Waals surface area contributed by atoms with E-state index in [2.05, 4.69) is 25.7 Å². The van der Waals surface area contributed by atoms with Gasteiger partial charge in [0.05, 0.1) is 0 Å². The van der Waals surface area contributed by atoms with Crippen molar-refractivity contribution in [3.05, 3.63) is 0 Å². The van der Waals surface area contributed by atoms with E-state index in [-0.39, 0.29) is 0 Å². The number of piperidine rings is 1. The van der Waals surface area contributed by atoms with Crippen molar-refractivity contribution in [2.75, 3.05) is 19.6 Å². The van der Waals surface area contributed by atoms with E-state index in [9.17, 15) is 0 Å². The standard InChI is InChI=1S/C10H19N/c1-4-11-6-9-5-10(9,7-11)8(2)3/h8-9H,4-7H2,1-3H3. The Bertz CT molecular complexity index is 164. The Morgan fingerprint density at radius 3 is 2.64 bits per heavy atom. The highest BCUT2D eigenvalue weighted by Crippen LogP contribution is 2.61. The normalized spacial score (nSPS) is 43.1. The molecule has 0 aromatic heterocycles. The molecule has 0 amide bonds. The smallest absolute Gasteiger partial charge is 0.00437 e. The van der Waals surface area contributed by atoms with Gasteiger partial charge in [-0.3, -0.25) is 0 Å². The van der Waals surface area contributed by atoms with Gasteiger partial charge in [-0.15, -0.1) is 0 Å². The van der Waals surface area contributed by atoms with Gasteiger partial charge in [0.1, 0.15) is 0 Å². The van der Waals surface area contributed by atoms with Gasteiger partial charge in [-0.2, -0.15) is 0 Å². The van der Waals surface area contributed by atoms with Crippen LogP contribution in [0.25, 0.3) is 0 Å². The lowest BCUT2D eigenvalue weighted by atomic mass is 9.92. The van der Waals surface area contributed by atoms with Crippen LogP contribution in [0.5, 0.6) is 0 Å². The molecule has 0 bridgehead atoms. The molecule has 0 spiro atoms. The van der Waals surface area contributed by atoms with E-state index >= 15 is 0 Å². The Hall–Kier alpha value is -0.0400. The van der Waals surface area contributed by atoms with Gasteiger partial charge >= 0.3 is 0 Å². The minimum Gasteiger partial charge on any atom is -0.303 e. The molecule has 1 aliphatic carbocycles. The molecule has 1 saturated heterocycles. The first-order valence-electron chi connectivity index (χ1n) is 4.91. The van der Waals surface area contributed by atoms with E-state index in [1.807, 2.05) is 0 Å². The van der Waals surface area contributed by atoms with E-state index in [0.29, 0.717) is 0 Å². The third kappa shape index (κ3) is 0.936. The Balaban J connectivity index is 2.01. The topological polar surface area (TPSA) is 3.24 Å². The van der Waals surface area contributed by atoms with Crippen molar-refractivity contribution >= 4 is 0 Å². The molecule has 2 fully saturated rings. The average molecular weight is 153 g/mol. The van der Waals surface area contributed by atoms with Gasteiger partial charge in [-0.25, -0.2) is 0 Å². The number of fused-ring (bicyclic) bond motifs is 1. The molecule has 2 unspecified atom stereocenters. The van der Waals surface area contributed by atoms with Crippen LogP contribution in [0.15, 0.2) is 0 Å². The number of nitrogens with zero attached hydrogens (tertiary/aromatic N) is 1. The highest BCUT2D eigenvalue weighted by Gasteiger charge is 2.60. The predicted octanol–water partition coefficient (Wildman–Crippen LogP) is 1.98. The van der Waals surface area contributed by atoms with Gasteiger partial charge < -0.3 is 4.90 Å². The molecule has 1 saturated carbocycles. The Morgan fingerprint density at radius 1 is 1.55 bits per heavy atom. The van der Waals surface area contributed by atoms with Crippen LogP contribution in [0.1, 0.15) is 27.2 Å². The Labute approximate surface area is 69.8 Å². The van der Waals surface area contributed by atoms with Crippen LogP contribution in [0.2, 0.25) is 0 Å². The zero-order valence-corrected chi connectivity index (χ0v) is 7.93. The van der Waals surface area contributed by atoms with Gasteiger partial charge in [-0.05, 0) is 30.2 Å². The van der Waals surface area contributed by atoms with Gasteiger partial charge in [0, 0.05) is 13.1 Å². The van der Waals surface area contributed by atoms with Crippen molar-refractivity contribution in [2.45, 2.75) is 27.2 Å². The first-order chi connectivity index (χ1) is 5.19. The van der Waals surface area contributed by atoms with E-state index in [0.717, 1.165) is 17.3 Å². The minimum absolute atomic E-state index is 0.760. The molecule has 1 heterocycles. The molecule has 2 aliphatic rings. The average Bonchev–Trinajstić information content (AvgIpc) is 2.56. The summed E-state index contributed by atoms with van der Waals surface area (Å²) in [5.74, 6) is 1.96. The largest absolute Gasteiger partial charge is 0.303 e. The third-order valence-corrected chi connectivity index (χ3v) is 3.87. The summed E-state index contributed by atoms with van der Waals surface area (Å²) < 4.78 is 0. The van der Waals surface area contributed by atoms with Crippen molar-refractivity contribution in [1.82, 2.24) is 4.90 Å². The summed E-state index contributed by atoms with van der Waals surface area (Å²) in [7, 11) is 0. The predicted molar refractivity (Wildman–Crippen MR) is 47.5 cm³/mol. The summed E-state index contributed by atoms with van der Waals surface area (Å²) in [4.78, 5) is 2.61. The summed E-state index contributed by atoms with van der Waals surface area (Å²) in [6.45, 7) is 11.1. The number of rotatable bonds is 2. The molecule has 0 N–H and O–H groups in total. The van der Waals surface area contributed by atoms with Gasteiger partial charge in [0.2, 0.25) is 0 Å². The second kappa shape index (κ2) is 2.22. The first kappa shape index (κ1) is 7.60. The lowest BCUT2D eigenvalue weighted by Gasteiger charge is -2.21. The fraction of sp³-hybridized carbons (Fsp3) is 1.00. The van der Waals surface area contributed by atoms with Crippen LogP contribution in [-0.4, -0.2) is 24.5 Å². The first-order valence-corrected chi connectivity index (χ1v) is 4.91. The van der Waals surface area contributed by atoms with Gasteiger partial charge in [-0.1, -0.05) is 20.8 Å². The van der Waals surface area contributed by atoms with Crippen molar-refractivity contribution in [2.24, 2.45) is 17.3 Å². The highest BCUT2D eigenvalue weighted by atomic mass is 15.2. The van der Waals surface area contributed by atoms with Crippen molar-refractivity contribution in [1.29, 1.82) is 0 Å². The van der Waals surface area contributed by atoms with Crippen LogP contribution in [0, 0.1) is 17.3 Å². The van der Waals surface area contributed by atoms with Crippen LogP contribution < -0.4 is 0 Å². The fourth-order valence-electron chi connectivity index (χ4n) is 2.76. The summed E-state index contributed by atoms with van der Waals surface area (Å²) in [6, 6.07) is 0. The molecule has 0 aromatic rings. The van der Waals surface area contributed by atoms with Gasteiger partial charge in [0.25, 0.3) is 0 Å². The second-order valence-electron chi connectivity index (χ2n) is 4.62. The maximum absolute atomic E-state index is 2.61. The van der Waals surface area contributed by atoms with Crippen molar-refractivity contribution in [3.8, 4) is 0 Å². The molecule has 64 valence electrons. The van der Waals surface area contributed by atoms with Crippen molar-refractivity contribution < 1.29 is 0 Å². The van der Waals surface area contributed by atoms with Crippen LogP contribution in [0.3, 0.4) is 0 Å². The fourth-order valence-corrected chi connectivity index (χ4v) is 2.76. The zero-order chi connectivity index (χ0) is 8.06. The summed E-state index contributed by atoms with van der Waals surface area (Å²) >= 11 is 0. The van der Waals surface area contributed by atoms with Crippen LogP contribution in [0.4, 0.5) is 0 Å². The molecule has 0 aromatic carbocycles. The van der Waals surface area contributed by atoms with E-state index in [1.165, 1.54) is 26.1 Å². The molecular weight excluding hydrogens is 134 g/mol. The highest BCUT2D eigenvalue weighted by molar-refractivity contribution is 5.11. The maximum Gasteiger partial charge on any atom is 0.00437 e. The molecule has 1 heteroatoms.